The zero-order valence-electron chi connectivity index (χ0n) is 27.6. The molecule has 0 saturated carbocycles. The number of anilines is 2. The van der Waals surface area contributed by atoms with E-state index in [-0.39, 0.29) is 6.10 Å². The zero-order chi connectivity index (χ0) is 31.8. The van der Waals surface area contributed by atoms with Crippen molar-refractivity contribution in [3.8, 4) is 0 Å². The Morgan fingerprint density at radius 3 is 1.66 bits per heavy atom. The van der Waals surface area contributed by atoms with Gasteiger partial charge in [0.2, 0.25) is 7.83 Å². The smallest absolute Gasteiger partial charge is 0.248 e. The van der Waals surface area contributed by atoms with E-state index in [0.717, 1.165) is 48.3 Å². The number of rotatable bonds is 9. The van der Waals surface area contributed by atoms with Crippen molar-refractivity contribution in [3.63, 3.8) is 0 Å². The van der Waals surface area contributed by atoms with Gasteiger partial charge in [-0.05, 0) is 52.3 Å². The van der Waals surface area contributed by atoms with Crippen LogP contribution < -0.4 is 30.5 Å². The average Bonchev–Trinajstić information content (AvgIpc) is 3.06. The van der Waals surface area contributed by atoms with Crippen LogP contribution in [0.4, 0.5) is 11.4 Å². The number of benzene rings is 6. The maximum atomic E-state index is 11.5. The fraction of sp³-hybridized carbons (Fsp3) is 0.179. The third-order valence-electron chi connectivity index (χ3n) is 8.38. The molecule has 0 aliphatic rings. The van der Waals surface area contributed by atoms with Crippen molar-refractivity contribution < 1.29 is 4.43 Å². The summed E-state index contributed by atoms with van der Waals surface area (Å²) in [7, 11) is 1.29. The molecule has 0 amide bonds. The Hall–Kier alpha value is -4.17. The highest BCUT2D eigenvalue weighted by Crippen LogP contribution is 2.30. The number of nitrogens with zero attached hydrogens (tertiary/aromatic N) is 2. The Morgan fingerprint density at radius 1 is 0.591 bits per heavy atom. The van der Waals surface area contributed by atoms with E-state index in [1.54, 1.807) is 0 Å². The highest BCUT2D eigenvalue weighted by molar-refractivity contribution is 7.49. The summed E-state index contributed by atoms with van der Waals surface area (Å²) < 4.78 is 19.1. The van der Waals surface area contributed by atoms with Crippen LogP contribution in [-0.2, 0) is 4.43 Å². The van der Waals surface area contributed by atoms with Gasteiger partial charge in [0, 0.05) is 57.7 Å². The SMILES string of the molecule is [2H][Si@@](c1ccccc1)(c1cccc2cccc(N(C)C)c12)[Si@@](OC(C)C)(c1ccccc1)c1cccc2cccc(N(C)C)c12. The van der Waals surface area contributed by atoms with Gasteiger partial charge in [-0.25, -0.2) is 0 Å². The van der Waals surface area contributed by atoms with Crippen LogP contribution in [0, 0.1) is 0 Å². The molecule has 5 heteroatoms. The van der Waals surface area contributed by atoms with Crippen LogP contribution in [0.25, 0.3) is 21.5 Å². The van der Waals surface area contributed by atoms with E-state index in [1.165, 1.54) is 5.39 Å². The van der Waals surface area contributed by atoms with Crippen LogP contribution in [0.3, 0.4) is 0 Å². The molecule has 0 unspecified atom stereocenters. The molecule has 2 atom stereocenters. The summed E-state index contributed by atoms with van der Waals surface area (Å²) in [6.07, 6.45) is -0.108. The number of hydrogen-bond donors (Lipinski definition) is 0. The van der Waals surface area contributed by atoms with Gasteiger partial charge in [0.1, 0.15) is 8.25 Å². The van der Waals surface area contributed by atoms with Crippen molar-refractivity contribution >= 4 is 69.7 Å². The van der Waals surface area contributed by atoms with Crippen molar-refractivity contribution in [2.45, 2.75) is 20.0 Å². The average molecular weight is 612 g/mol. The predicted octanol–water partition coefficient (Wildman–Crippen LogP) is 5.73. The van der Waals surface area contributed by atoms with Gasteiger partial charge >= 0.3 is 0 Å². The Morgan fingerprint density at radius 2 is 1.09 bits per heavy atom. The first kappa shape index (κ1) is 28.6. The summed E-state index contributed by atoms with van der Waals surface area (Å²) in [6, 6.07) is 47.6. The molecule has 0 saturated heterocycles. The third-order valence-corrected chi connectivity index (χ3v) is 19.9. The molecule has 6 aromatic rings. The van der Waals surface area contributed by atoms with Crippen LogP contribution in [-0.4, -0.2) is 51.6 Å². The molecule has 0 aliphatic heterocycles. The molecular formula is C39H42N2OSi2. The van der Waals surface area contributed by atoms with Crippen molar-refractivity contribution in [2.75, 3.05) is 38.0 Å². The fourth-order valence-corrected chi connectivity index (χ4v) is 20.0. The first-order valence-electron chi connectivity index (χ1n) is 15.9. The van der Waals surface area contributed by atoms with E-state index in [0.29, 0.717) is 0 Å². The molecule has 0 spiro atoms. The molecule has 44 heavy (non-hydrogen) atoms. The summed E-state index contributed by atoms with van der Waals surface area (Å²) in [6.45, 7) is 4.27. The maximum absolute atomic E-state index is 11.5. The summed E-state index contributed by atoms with van der Waals surface area (Å²) in [5, 5.41) is 9.06. The maximum Gasteiger partial charge on any atom is 0.248 e. The van der Waals surface area contributed by atoms with Crippen LogP contribution in [0.5, 0.6) is 0 Å². The highest BCUT2D eigenvalue weighted by Gasteiger charge is 2.52. The van der Waals surface area contributed by atoms with Gasteiger partial charge < -0.3 is 14.2 Å². The zero-order valence-corrected chi connectivity index (χ0v) is 28.6. The Kier molecular flexibility index (Phi) is 8.09. The van der Waals surface area contributed by atoms with E-state index in [1.807, 2.05) is 0 Å². The summed E-state index contributed by atoms with van der Waals surface area (Å²) in [5.41, 5.74) is 2.26. The van der Waals surface area contributed by atoms with Crippen LogP contribution in [0.2, 0.25) is 0 Å². The minimum atomic E-state index is -3.62. The lowest BCUT2D eigenvalue weighted by atomic mass is 10.1. The second-order valence-corrected chi connectivity index (χ2v) is 20.3. The number of fused-ring (bicyclic) bond motifs is 2. The molecule has 6 rings (SSSR count). The Labute approximate surface area is 266 Å². The lowest BCUT2D eigenvalue weighted by Gasteiger charge is -2.42. The molecule has 0 radical (unpaired) electrons. The minimum Gasteiger partial charge on any atom is -0.408 e. The molecule has 0 heterocycles. The predicted molar refractivity (Wildman–Crippen MR) is 197 cm³/mol. The Balaban J connectivity index is 1.91. The van der Waals surface area contributed by atoms with Gasteiger partial charge in [0.25, 0.3) is 0 Å². The molecule has 222 valence electrons. The van der Waals surface area contributed by atoms with E-state index in [2.05, 4.69) is 185 Å². The second-order valence-electron chi connectivity index (χ2n) is 12.1. The van der Waals surface area contributed by atoms with E-state index in [4.69, 9.17) is 4.43 Å². The van der Waals surface area contributed by atoms with Crippen molar-refractivity contribution in [2.24, 2.45) is 0 Å². The van der Waals surface area contributed by atoms with Crippen LogP contribution in [0.15, 0.2) is 133 Å². The molecule has 6 aromatic carbocycles. The fourth-order valence-electron chi connectivity index (χ4n) is 6.69. The summed E-state index contributed by atoms with van der Waals surface area (Å²) >= 11 is 0. The third kappa shape index (κ3) is 5.25. The lowest BCUT2D eigenvalue weighted by Crippen LogP contribution is -2.79. The molecule has 0 N–H and O–H groups in total. The first-order valence-corrected chi connectivity index (χ1v) is 19.8. The van der Waals surface area contributed by atoms with Gasteiger partial charge in [-0.15, -0.1) is 0 Å². The summed E-state index contributed by atoms with van der Waals surface area (Å²) in [5.74, 6) is 0. The van der Waals surface area contributed by atoms with Gasteiger partial charge in [0.15, 0.2) is 0 Å². The van der Waals surface area contributed by atoms with Crippen LogP contribution >= 0.6 is 0 Å². The van der Waals surface area contributed by atoms with Crippen molar-refractivity contribution in [1.82, 2.24) is 0 Å². The standard InChI is InChI=1S/C39H42N2OSi2/c1-29(2)42-44(33-23-11-8-12-24-33,37-28-16-20-31-18-14-26-35(39(31)37)41(5)6)43(32-21-9-7-10-22-32)36-27-15-19-30-17-13-25-34(38(30)36)40(3)4/h7-29,43H,1-6H3/t43-,44+/m1/s1/i43D. The molecule has 0 aromatic heterocycles. The molecule has 0 bridgehead atoms. The summed E-state index contributed by atoms with van der Waals surface area (Å²) in [4.78, 5) is 4.38. The van der Waals surface area contributed by atoms with Crippen molar-refractivity contribution in [3.05, 3.63) is 133 Å². The normalized spacial score (nSPS) is 14.7. The van der Waals surface area contributed by atoms with Gasteiger partial charge in [-0.2, -0.15) is 0 Å². The highest BCUT2D eigenvalue weighted by atomic mass is 29.2. The first-order chi connectivity index (χ1) is 21.7. The molecule has 0 aliphatic carbocycles. The quantitative estimate of drug-likeness (QED) is 0.194. The number of hydrogen-bond acceptors (Lipinski definition) is 3. The van der Waals surface area contributed by atoms with Crippen molar-refractivity contribution in [1.29, 1.82) is 1.23 Å². The monoisotopic (exact) mass is 611 g/mol. The largest absolute Gasteiger partial charge is 0.408 e. The topological polar surface area (TPSA) is 15.7 Å². The van der Waals surface area contributed by atoms with Gasteiger partial charge in [-0.1, -0.05) is 127 Å². The second kappa shape index (κ2) is 12.4. The Bertz CT molecular complexity index is 1940. The van der Waals surface area contributed by atoms with E-state index < -0.39 is 16.1 Å². The molecule has 0 fully saturated rings. The molecule has 3 nitrogen and oxygen atoms in total. The molecular weight excluding hydrogens is 569 g/mol. The minimum absolute atomic E-state index is 0.108. The van der Waals surface area contributed by atoms with Gasteiger partial charge in [-0.3, -0.25) is 0 Å². The van der Waals surface area contributed by atoms with E-state index >= 15 is 0 Å². The lowest BCUT2D eigenvalue weighted by molar-refractivity contribution is 0.248. The van der Waals surface area contributed by atoms with Crippen LogP contribution in [0.1, 0.15) is 13.8 Å². The van der Waals surface area contributed by atoms with E-state index in [9.17, 15) is 1.23 Å². The van der Waals surface area contributed by atoms with Gasteiger partial charge in [0.05, 0.1) is 0 Å².